The Hall–Kier alpha value is -2.92. The lowest BCUT2D eigenvalue weighted by Crippen LogP contribution is -2.29. The fraction of sp³-hybridized carbons (Fsp3) is 0.182. The average molecular weight is 377 g/mol. The number of aliphatic carboxylic acids is 1. The normalized spacial score (nSPS) is 19.2. The molecule has 3 aromatic rings. The third-order valence-electron chi connectivity index (χ3n) is 5.10. The van der Waals surface area contributed by atoms with Crippen molar-refractivity contribution in [1.29, 1.82) is 0 Å². The van der Waals surface area contributed by atoms with Gasteiger partial charge in [0.1, 0.15) is 0 Å². The molecule has 0 spiro atoms. The predicted molar refractivity (Wildman–Crippen MR) is 106 cm³/mol. The van der Waals surface area contributed by atoms with Gasteiger partial charge in [0.2, 0.25) is 0 Å². The summed E-state index contributed by atoms with van der Waals surface area (Å²) in [6, 6.07) is 21.4. The van der Waals surface area contributed by atoms with Gasteiger partial charge in [-0.1, -0.05) is 60.7 Å². The van der Waals surface area contributed by atoms with Crippen molar-refractivity contribution < 1.29 is 14.7 Å². The van der Waals surface area contributed by atoms with Crippen molar-refractivity contribution in [2.45, 2.75) is 5.92 Å². The second-order valence-electron chi connectivity index (χ2n) is 6.70. The van der Waals surface area contributed by atoms with Crippen molar-refractivity contribution in [2.24, 2.45) is 5.92 Å². The van der Waals surface area contributed by atoms with E-state index in [0.717, 1.165) is 16.7 Å². The fourth-order valence-corrected chi connectivity index (χ4v) is 4.60. The van der Waals surface area contributed by atoms with Gasteiger partial charge in [0.25, 0.3) is 5.91 Å². The fourth-order valence-electron chi connectivity index (χ4n) is 3.72. The minimum absolute atomic E-state index is 0.0893. The molecule has 0 unspecified atom stereocenters. The molecule has 0 aliphatic carbocycles. The van der Waals surface area contributed by atoms with Crippen molar-refractivity contribution >= 4 is 23.2 Å². The second-order valence-corrected chi connectivity index (χ2v) is 7.62. The maximum Gasteiger partial charge on any atom is 0.308 e. The lowest BCUT2D eigenvalue weighted by atomic mass is 9.89. The van der Waals surface area contributed by atoms with E-state index in [9.17, 15) is 14.7 Å². The molecule has 5 heteroatoms. The van der Waals surface area contributed by atoms with Crippen LogP contribution in [0.5, 0.6) is 0 Å². The van der Waals surface area contributed by atoms with E-state index in [0.29, 0.717) is 11.4 Å². The summed E-state index contributed by atoms with van der Waals surface area (Å²) in [5.74, 6) is -1.72. The van der Waals surface area contributed by atoms with Crippen molar-refractivity contribution in [2.75, 3.05) is 13.1 Å². The number of carboxylic acids is 1. The van der Waals surface area contributed by atoms with Crippen molar-refractivity contribution in [3.05, 3.63) is 82.6 Å². The van der Waals surface area contributed by atoms with E-state index < -0.39 is 11.9 Å². The molecule has 4 rings (SSSR count). The highest BCUT2D eigenvalue weighted by molar-refractivity contribution is 7.12. The first kappa shape index (κ1) is 17.5. The molecule has 1 aliphatic heterocycles. The third-order valence-corrected chi connectivity index (χ3v) is 6.00. The van der Waals surface area contributed by atoms with Crippen molar-refractivity contribution in [3.8, 4) is 11.1 Å². The Morgan fingerprint density at radius 3 is 2.26 bits per heavy atom. The molecule has 2 atom stereocenters. The molecular formula is C22H19NO3S. The molecular weight excluding hydrogens is 358 g/mol. The third kappa shape index (κ3) is 3.38. The van der Waals surface area contributed by atoms with Gasteiger partial charge < -0.3 is 10.0 Å². The molecule has 1 saturated heterocycles. The summed E-state index contributed by atoms with van der Waals surface area (Å²) >= 11 is 1.41. The molecule has 4 nitrogen and oxygen atoms in total. The van der Waals surface area contributed by atoms with Crippen molar-refractivity contribution in [1.82, 2.24) is 4.90 Å². The van der Waals surface area contributed by atoms with Gasteiger partial charge in [0.15, 0.2) is 0 Å². The summed E-state index contributed by atoms with van der Waals surface area (Å²) in [5.41, 5.74) is 2.87. The molecule has 136 valence electrons. The number of carbonyl (C=O) groups is 2. The summed E-state index contributed by atoms with van der Waals surface area (Å²) in [6.45, 7) is 0.659. The first-order valence-corrected chi connectivity index (χ1v) is 9.73. The SMILES string of the molecule is O=C(O)[C@@H]1CN(C(=O)c2sccc2-c2ccccc2)C[C@H]1c1ccccc1. The lowest BCUT2D eigenvalue weighted by molar-refractivity contribution is -0.141. The molecule has 27 heavy (non-hydrogen) atoms. The summed E-state index contributed by atoms with van der Waals surface area (Å²) in [6.07, 6.45) is 0. The van der Waals surface area contributed by atoms with Crippen LogP contribution in [-0.2, 0) is 4.79 Å². The summed E-state index contributed by atoms with van der Waals surface area (Å²) < 4.78 is 0. The van der Waals surface area contributed by atoms with Gasteiger partial charge in [0, 0.05) is 24.6 Å². The Kier molecular flexibility index (Phi) is 4.77. The molecule has 0 bridgehead atoms. The highest BCUT2D eigenvalue weighted by Gasteiger charge is 2.41. The minimum atomic E-state index is -0.853. The monoisotopic (exact) mass is 377 g/mol. The predicted octanol–water partition coefficient (Wildman–Crippen LogP) is 4.36. The van der Waals surface area contributed by atoms with Gasteiger partial charge in [0.05, 0.1) is 10.8 Å². The second kappa shape index (κ2) is 7.37. The van der Waals surface area contributed by atoms with E-state index in [4.69, 9.17) is 0 Å². The van der Waals surface area contributed by atoms with E-state index in [1.54, 1.807) is 4.90 Å². The van der Waals surface area contributed by atoms with Gasteiger partial charge in [-0.2, -0.15) is 0 Å². The molecule has 0 radical (unpaired) electrons. The Bertz CT molecular complexity index is 952. The minimum Gasteiger partial charge on any atom is -0.481 e. The topological polar surface area (TPSA) is 57.6 Å². The lowest BCUT2D eigenvalue weighted by Gasteiger charge is -2.17. The number of benzene rings is 2. The van der Waals surface area contributed by atoms with Crippen LogP contribution in [0.25, 0.3) is 11.1 Å². The van der Waals surface area contributed by atoms with Crippen LogP contribution in [0, 0.1) is 5.92 Å². The molecule has 2 aromatic carbocycles. The van der Waals surface area contributed by atoms with Gasteiger partial charge in [-0.05, 0) is 22.6 Å². The Morgan fingerprint density at radius 1 is 0.926 bits per heavy atom. The molecule has 1 N–H and O–H groups in total. The van der Waals surface area contributed by atoms with Gasteiger partial charge in [-0.25, -0.2) is 0 Å². The largest absolute Gasteiger partial charge is 0.481 e. The first-order chi connectivity index (χ1) is 13.1. The quantitative estimate of drug-likeness (QED) is 0.735. The molecule has 1 aromatic heterocycles. The number of likely N-dealkylation sites (tertiary alicyclic amines) is 1. The van der Waals surface area contributed by atoms with Gasteiger partial charge in [-0.3, -0.25) is 9.59 Å². The number of carbonyl (C=O) groups excluding carboxylic acids is 1. The number of carboxylic acid groups (broad SMARTS) is 1. The van der Waals surface area contributed by atoms with Crippen LogP contribution in [0.1, 0.15) is 21.2 Å². The smallest absolute Gasteiger partial charge is 0.308 e. The van der Waals surface area contributed by atoms with Crippen LogP contribution >= 0.6 is 11.3 Å². The van der Waals surface area contributed by atoms with E-state index in [-0.39, 0.29) is 18.4 Å². The van der Waals surface area contributed by atoms with Crippen LogP contribution in [0.4, 0.5) is 0 Å². The number of rotatable bonds is 4. The van der Waals surface area contributed by atoms with E-state index in [1.807, 2.05) is 72.1 Å². The number of nitrogens with zero attached hydrogens (tertiary/aromatic N) is 1. The Morgan fingerprint density at radius 2 is 1.59 bits per heavy atom. The summed E-state index contributed by atoms with van der Waals surface area (Å²) in [5, 5.41) is 11.6. The average Bonchev–Trinajstić information content (AvgIpc) is 3.36. The standard InChI is InChI=1S/C22H19NO3S/c24-21(20-17(11-12-27-20)15-7-3-1-4-8-15)23-13-18(19(14-23)22(25)26)16-9-5-2-6-10-16/h1-12,18-19H,13-14H2,(H,25,26)/t18-,19+/m0/s1. The number of hydrogen-bond donors (Lipinski definition) is 1. The molecule has 0 saturated carbocycles. The number of amides is 1. The highest BCUT2D eigenvalue weighted by atomic mass is 32.1. The van der Waals surface area contributed by atoms with Crippen LogP contribution in [0.2, 0.25) is 0 Å². The number of thiophene rings is 1. The molecule has 1 aliphatic rings. The molecule has 1 fully saturated rings. The Balaban J connectivity index is 1.62. The summed E-state index contributed by atoms with van der Waals surface area (Å²) in [7, 11) is 0. The zero-order valence-electron chi connectivity index (χ0n) is 14.6. The Labute approximate surface area is 161 Å². The van der Waals surface area contributed by atoms with E-state index >= 15 is 0 Å². The maximum atomic E-state index is 13.2. The highest BCUT2D eigenvalue weighted by Crippen LogP contribution is 2.36. The van der Waals surface area contributed by atoms with Crippen LogP contribution < -0.4 is 0 Å². The van der Waals surface area contributed by atoms with Gasteiger partial charge >= 0.3 is 5.97 Å². The zero-order chi connectivity index (χ0) is 18.8. The molecule has 1 amide bonds. The van der Waals surface area contributed by atoms with E-state index in [1.165, 1.54) is 11.3 Å². The van der Waals surface area contributed by atoms with Gasteiger partial charge in [-0.15, -0.1) is 11.3 Å². The number of hydrogen-bond acceptors (Lipinski definition) is 3. The maximum absolute atomic E-state index is 13.2. The zero-order valence-corrected chi connectivity index (χ0v) is 15.4. The first-order valence-electron chi connectivity index (χ1n) is 8.85. The van der Waals surface area contributed by atoms with Crippen LogP contribution in [0.3, 0.4) is 0 Å². The molecule has 2 heterocycles. The van der Waals surface area contributed by atoms with E-state index in [2.05, 4.69) is 0 Å². The summed E-state index contributed by atoms with van der Waals surface area (Å²) in [4.78, 5) is 27.3. The van der Waals surface area contributed by atoms with Crippen LogP contribution in [-0.4, -0.2) is 35.0 Å². The van der Waals surface area contributed by atoms with Crippen molar-refractivity contribution in [3.63, 3.8) is 0 Å². The van der Waals surface area contributed by atoms with Crippen LogP contribution in [0.15, 0.2) is 72.1 Å².